The summed E-state index contributed by atoms with van der Waals surface area (Å²) in [5, 5.41) is 12.6. The maximum Gasteiger partial charge on any atom is 0.322 e. The van der Waals surface area contributed by atoms with Gasteiger partial charge in [-0.3, -0.25) is 4.79 Å². The van der Waals surface area contributed by atoms with E-state index in [0.717, 1.165) is 22.3 Å². The molecule has 0 aromatic carbocycles. The van der Waals surface area contributed by atoms with E-state index in [-0.39, 0.29) is 6.54 Å². The quantitative estimate of drug-likeness (QED) is 0.661. The Hall–Kier alpha value is -2.96. The Morgan fingerprint density at radius 3 is 2.88 bits per heavy atom. The van der Waals surface area contributed by atoms with E-state index in [1.54, 1.807) is 0 Å². The number of pyridine rings is 1. The van der Waals surface area contributed by atoms with Gasteiger partial charge in [-0.2, -0.15) is 0 Å². The van der Waals surface area contributed by atoms with Crippen LogP contribution in [0.1, 0.15) is 36.6 Å². The topological polar surface area (TPSA) is 104 Å². The summed E-state index contributed by atoms with van der Waals surface area (Å²) >= 11 is 0. The lowest BCUT2D eigenvalue weighted by molar-refractivity contribution is -0.134. The SMILES string of the molecule is Cc1cc(C2CCC2)nc(-c2cc(NCC(=O)O)nc3[nH]ccc23)n1. The van der Waals surface area contributed by atoms with Gasteiger partial charge < -0.3 is 15.4 Å². The molecule has 0 radical (unpaired) electrons. The number of anilines is 1. The van der Waals surface area contributed by atoms with Gasteiger partial charge in [-0.15, -0.1) is 0 Å². The molecule has 0 spiro atoms. The number of fused-ring (bicyclic) bond motifs is 1. The summed E-state index contributed by atoms with van der Waals surface area (Å²) in [7, 11) is 0. The number of carboxylic acid groups (broad SMARTS) is 1. The first-order chi connectivity index (χ1) is 12.1. The molecular weight excluding hydrogens is 318 g/mol. The lowest BCUT2D eigenvalue weighted by atomic mass is 9.82. The Kier molecular flexibility index (Phi) is 3.83. The summed E-state index contributed by atoms with van der Waals surface area (Å²) in [5.41, 5.74) is 3.56. The number of aromatic nitrogens is 4. The summed E-state index contributed by atoms with van der Waals surface area (Å²) in [6, 6.07) is 5.82. The molecule has 1 fully saturated rings. The van der Waals surface area contributed by atoms with E-state index in [9.17, 15) is 4.79 Å². The molecule has 3 aromatic rings. The highest BCUT2D eigenvalue weighted by Gasteiger charge is 2.22. The van der Waals surface area contributed by atoms with E-state index >= 15 is 0 Å². The summed E-state index contributed by atoms with van der Waals surface area (Å²) in [4.78, 5) is 27.7. The third kappa shape index (κ3) is 3.05. The highest BCUT2D eigenvalue weighted by atomic mass is 16.4. The predicted octanol–water partition coefficient (Wildman–Crippen LogP) is 3.09. The second-order valence-electron chi connectivity index (χ2n) is 6.43. The normalized spacial score (nSPS) is 14.4. The molecule has 3 heterocycles. The minimum atomic E-state index is -0.936. The van der Waals surface area contributed by atoms with Crippen LogP contribution in [-0.2, 0) is 4.79 Å². The molecule has 3 aromatic heterocycles. The zero-order valence-corrected chi connectivity index (χ0v) is 13.9. The number of carboxylic acids is 1. The van der Waals surface area contributed by atoms with Gasteiger partial charge >= 0.3 is 5.97 Å². The van der Waals surface area contributed by atoms with Crippen molar-refractivity contribution in [1.29, 1.82) is 0 Å². The van der Waals surface area contributed by atoms with Crippen LogP contribution in [0.2, 0.25) is 0 Å². The van der Waals surface area contributed by atoms with Crippen molar-refractivity contribution in [2.24, 2.45) is 0 Å². The minimum absolute atomic E-state index is 0.194. The van der Waals surface area contributed by atoms with Crippen molar-refractivity contribution < 1.29 is 9.90 Å². The maximum absolute atomic E-state index is 10.8. The van der Waals surface area contributed by atoms with E-state index < -0.39 is 5.97 Å². The molecule has 4 rings (SSSR count). The van der Waals surface area contributed by atoms with E-state index in [1.165, 1.54) is 19.3 Å². The second kappa shape index (κ2) is 6.16. The Balaban J connectivity index is 1.80. The first kappa shape index (κ1) is 15.6. The molecule has 1 saturated carbocycles. The number of carbonyl (C=O) groups is 1. The van der Waals surface area contributed by atoms with Gasteiger partial charge in [0.15, 0.2) is 5.82 Å². The molecule has 0 bridgehead atoms. The van der Waals surface area contributed by atoms with Gasteiger partial charge in [-0.25, -0.2) is 15.0 Å². The molecule has 25 heavy (non-hydrogen) atoms. The van der Waals surface area contributed by atoms with Gasteiger partial charge in [-0.1, -0.05) is 6.42 Å². The van der Waals surface area contributed by atoms with Crippen LogP contribution in [-0.4, -0.2) is 37.6 Å². The van der Waals surface area contributed by atoms with E-state index in [2.05, 4.69) is 26.3 Å². The van der Waals surface area contributed by atoms with Crippen molar-refractivity contribution in [2.45, 2.75) is 32.1 Å². The number of rotatable bonds is 5. The van der Waals surface area contributed by atoms with Crippen molar-refractivity contribution >= 4 is 22.8 Å². The summed E-state index contributed by atoms with van der Waals surface area (Å²) in [5.74, 6) is 0.734. The number of nitrogens with one attached hydrogen (secondary N) is 2. The first-order valence-electron chi connectivity index (χ1n) is 8.40. The number of aryl methyl sites for hydroxylation is 1. The molecule has 0 aliphatic heterocycles. The lowest BCUT2D eigenvalue weighted by Crippen LogP contribution is -2.14. The third-order valence-corrected chi connectivity index (χ3v) is 4.59. The molecule has 7 nitrogen and oxygen atoms in total. The van der Waals surface area contributed by atoms with Crippen molar-refractivity contribution in [3.8, 4) is 11.4 Å². The van der Waals surface area contributed by atoms with E-state index in [4.69, 9.17) is 10.1 Å². The third-order valence-electron chi connectivity index (χ3n) is 4.59. The number of H-pyrrole nitrogens is 1. The van der Waals surface area contributed by atoms with Crippen LogP contribution < -0.4 is 5.32 Å². The number of aromatic amines is 1. The molecule has 1 aliphatic carbocycles. The Morgan fingerprint density at radius 1 is 1.32 bits per heavy atom. The van der Waals surface area contributed by atoms with Crippen LogP contribution in [0.3, 0.4) is 0 Å². The van der Waals surface area contributed by atoms with Crippen LogP contribution in [0.5, 0.6) is 0 Å². The number of aliphatic carboxylic acids is 1. The Bertz CT molecular complexity index is 946. The monoisotopic (exact) mass is 337 g/mol. The van der Waals surface area contributed by atoms with Crippen molar-refractivity contribution in [1.82, 2.24) is 19.9 Å². The second-order valence-corrected chi connectivity index (χ2v) is 6.43. The van der Waals surface area contributed by atoms with Gasteiger partial charge in [0, 0.05) is 34.5 Å². The average molecular weight is 337 g/mol. The molecule has 0 amide bonds. The smallest absolute Gasteiger partial charge is 0.322 e. The largest absolute Gasteiger partial charge is 0.480 e. The molecule has 1 aliphatic rings. The lowest BCUT2D eigenvalue weighted by Gasteiger charge is -2.25. The molecule has 7 heteroatoms. The maximum atomic E-state index is 10.8. The predicted molar refractivity (Wildman–Crippen MR) is 94.6 cm³/mol. The molecule has 128 valence electrons. The van der Waals surface area contributed by atoms with Crippen LogP contribution in [0.4, 0.5) is 5.82 Å². The van der Waals surface area contributed by atoms with Crippen molar-refractivity contribution in [3.63, 3.8) is 0 Å². The van der Waals surface area contributed by atoms with Gasteiger partial charge in [0.2, 0.25) is 0 Å². The summed E-state index contributed by atoms with van der Waals surface area (Å²) in [6.45, 7) is 1.78. The van der Waals surface area contributed by atoms with Crippen molar-refractivity contribution in [3.05, 3.63) is 35.8 Å². The number of hydrogen-bond donors (Lipinski definition) is 3. The number of hydrogen-bond acceptors (Lipinski definition) is 5. The van der Waals surface area contributed by atoms with Crippen LogP contribution in [0.15, 0.2) is 24.4 Å². The standard InChI is InChI=1S/C18H19N5O2/c1-10-7-14(11-3-2-4-11)22-18(21-10)13-8-15(20-9-16(24)25)23-17-12(13)5-6-19-17/h5-8,11H,2-4,9H2,1H3,(H,24,25)(H2,19,20,23). The van der Waals surface area contributed by atoms with Crippen molar-refractivity contribution in [2.75, 3.05) is 11.9 Å². The van der Waals surface area contributed by atoms with Crippen LogP contribution >= 0.6 is 0 Å². The summed E-state index contributed by atoms with van der Waals surface area (Å²) < 4.78 is 0. The zero-order valence-electron chi connectivity index (χ0n) is 13.9. The average Bonchev–Trinajstić information content (AvgIpc) is 2.98. The zero-order chi connectivity index (χ0) is 17.4. The fraction of sp³-hybridized carbons (Fsp3) is 0.333. The van der Waals surface area contributed by atoms with Gasteiger partial charge in [0.25, 0.3) is 0 Å². The van der Waals surface area contributed by atoms with E-state index in [0.29, 0.717) is 23.2 Å². The highest BCUT2D eigenvalue weighted by molar-refractivity contribution is 5.93. The highest BCUT2D eigenvalue weighted by Crippen LogP contribution is 2.36. The molecule has 3 N–H and O–H groups in total. The van der Waals surface area contributed by atoms with Crippen LogP contribution in [0, 0.1) is 6.92 Å². The number of nitrogens with zero attached hydrogens (tertiary/aromatic N) is 3. The van der Waals surface area contributed by atoms with Crippen LogP contribution in [0.25, 0.3) is 22.4 Å². The van der Waals surface area contributed by atoms with E-state index in [1.807, 2.05) is 25.3 Å². The molecule has 0 unspecified atom stereocenters. The summed E-state index contributed by atoms with van der Waals surface area (Å²) in [6.07, 6.45) is 5.42. The minimum Gasteiger partial charge on any atom is -0.480 e. The molecule has 0 atom stereocenters. The van der Waals surface area contributed by atoms with Gasteiger partial charge in [0.05, 0.1) is 0 Å². The van der Waals surface area contributed by atoms with Gasteiger partial charge in [-0.05, 0) is 38.0 Å². The first-order valence-corrected chi connectivity index (χ1v) is 8.40. The molecular formula is C18H19N5O2. The fourth-order valence-electron chi connectivity index (χ4n) is 3.11. The Morgan fingerprint density at radius 2 is 2.16 bits per heavy atom. The van der Waals surface area contributed by atoms with Gasteiger partial charge in [0.1, 0.15) is 18.0 Å². The molecule has 0 saturated heterocycles. The Labute approximate surface area is 144 Å². The fourth-order valence-corrected chi connectivity index (χ4v) is 3.11.